The minimum Gasteiger partial charge on any atom is -0.362 e. The van der Waals surface area contributed by atoms with Gasteiger partial charge in [0.15, 0.2) is 0 Å². The van der Waals surface area contributed by atoms with Crippen LogP contribution in [0.5, 0.6) is 0 Å². The molecular weight excluding hydrogens is 399 g/mol. The van der Waals surface area contributed by atoms with Gasteiger partial charge in [-0.15, -0.1) is 0 Å². The van der Waals surface area contributed by atoms with Crippen LogP contribution in [0.25, 0.3) is 27.7 Å². The van der Waals surface area contributed by atoms with Gasteiger partial charge >= 0.3 is 6.18 Å². The summed E-state index contributed by atoms with van der Waals surface area (Å²) in [7, 11) is 0. The fraction of sp³-hybridized carbons (Fsp3) is 0.0800. The van der Waals surface area contributed by atoms with E-state index in [1.54, 1.807) is 25.4 Å². The Morgan fingerprint density at radius 2 is 1.84 bits per heavy atom. The third kappa shape index (κ3) is 3.72. The lowest BCUT2D eigenvalue weighted by Gasteiger charge is -2.21. The van der Waals surface area contributed by atoms with Crippen LogP contribution in [-0.4, -0.2) is 9.97 Å². The van der Waals surface area contributed by atoms with Crippen molar-refractivity contribution in [3.05, 3.63) is 103 Å². The number of anilines is 1. The van der Waals surface area contributed by atoms with Gasteiger partial charge in [0.1, 0.15) is 5.65 Å². The third-order valence-electron chi connectivity index (χ3n) is 5.22. The standard InChI is InChI=1S/C25H20F3N3/c1-4-29-21-11-10-15(2)22(23(21)25(26,27)28)16(3)20-14-31-24-19(20)12-18(13-30-24)17-8-6-5-7-9-17/h4-14,29H,1,3H2,2H3,(H,30,31). The normalized spacial score (nSPS) is 11.5. The number of alkyl halides is 3. The number of pyridine rings is 1. The molecule has 0 radical (unpaired) electrons. The molecule has 3 nitrogen and oxygen atoms in total. The Morgan fingerprint density at radius 3 is 2.52 bits per heavy atom. The van der Waals surface area contributed by atoms with E-state index in [1.165, 1.54) is 12.3 Å². The van der Waals surface area contributed by atoms with Gasteiger partial charge in [-0.3, -0.25) is 0 Å². The first kappa shape index (κ1) is 20.5. The lowest BCUT2D eigenvalue weighted by atomic mass is 9.89. The maximum Gasteiger partial charge on any atom is 0.419 e. The summed E-state index contributed by atoms with van der Waals surface area (Å²) in [6, 6.07) is 14.7. The molecule has 0 aliphatic heterocycles. The third-order valence-corrected chi connectivity index (χ3v) is 5.22. The molecule has 0 amide bonds. The van der Waals surface area contributed by atoms with Crippen LogP contribution in [0.15, 0.2) is 80.3 Å². The highest BCUT2D eigenvalue weighted by molar-refractivity contribution is 5.98. The number of aromatic amines is 1. The molecule has 0 saturated heterocycles. The quantitative estimate of drug-likeness (QED) is 0.360. The Balaban J connectivity index is 1.91. The Bertz CT molecular complexity index is 1280. The number of halogens is 3. The van der Waals surface area contributed by atoms with Crippen LogP contribution in [-0.2, 0) is 6.18 Å². The van der Waals surface area contributed by atoms with Crippen molar-refractivity contribution < 1.29 is 13.2 Å². The molecule has 6 heteroatoms. The fourth-order valence-corrected chi connectivity index (χ4v) is 3.80. The molecule has 2 heterocycles. The number of aryl methyl sites for hydroxylation is 1. The van der Waals surface area contributed by atoms with Crippen LogP contribution in [0.2, 0.25) is 0 Å². The number of nitrogens with zero attached hydrogens (tertiary/aromatic N) is 1. The lowest BCUT2D eigenvalue weighted by Crippen LogP contribution is -2.13. The highest BCUT2D eigenvalue weighted by Crippen LogP contribution is 2.43. The molecule has 0 saturated carbocycles. The average Bonchev–Trinajstić information content (AvgIpc) is 3.17. The second kappa shape index (κ2) is 7.80. The van der Waals surface area contributed by atoms with Crippen LogP contribution in [0, 0.1) is 6.92 Å². The van der Waals surface area contributed by atoms with E-state index in [0.717, 1.165) is 11.1 Å². The molecule has 4 rings (SSSR count). The molecule has 0 aliphatic rings. The van der Waals surface area contributed by atoms with Crippen molar-refractivity contribution in [2.24, 2.45) is 0 Å². The molecule has 156 valence electrons. The predicted molar refractivity (Wildman–Crippen MR) is 120 cm³/mol. The van der Waals surface area contributed by atoms with E-state index < -0.39 is 11.7 Å². The van der Waals surface area contributed by atoms with Gasteiger partial charge in [-0.2, -0.15) is 13.2 Å². The van der Waals surface area contributed by atoms with Crippen molar-refractivity contribution in [2.75, 3.05) is 5.32 Å². The number of rotatable bonds is 5. The topological polar surface area (TPSA) is 40.7 Å². The largest absolute Gasteiger partial charge is 0.419 e. The number of aromatic nitrogens is 2. The maximum absolute atomic E-state index is 14.1. The first-order valence-corrected chi connectivity index (χ1v) is 9.61. The molecule has 0 fully saturated rings. The molecule has 31 heavy (non-hydrogen) atoms. The molecule has 0 unspecified atom stereocenters. The second-order valence-electron chi connectivity index (χ2n) is 7.19. The van der Waals surface area contributed by atoms with Crippen molar-refractivity contribution in [2.45, 2.75) is 13.1 Å². The first-order chi connectivity index (χ1) is 14.8. The Kier molecular flexibility index (Phi) is 5.15. The van der Waals surface area contributed by atoms with Gasteiger partial charge in [0.25, 0.3) is 0 Å². The molecule has 0 bridgehead atoms. The monoisotopic (exact) mass is 419 g/mol. The number of hydrogen-bond acceptors (Lipinski definition) is 2. The molecule has 0 spiro atoms. The zero-order valence-electron chi connectivity index (χ0n) is 16.8. The molecular formula is C25H20F3N3. The summed E-state index contributed by atoms with van der Waals surface area (Å²) in [6.07, 6.45) is 0.0487. The van der Waals surface area contributed by atoms with Gasteiger partial charge in [0.05, 0.1) is 11.3 Å². The minimum atomic E-state index is -4.57. The summed E-state index contributed by atoms with van der Waals surface area (Å²) >= 11 is 0. The Labute approximate surface area is 178 Å². The lowest BCUT2D eigenvalue weighted by molar-refractivity contribution is -0.137. The van der Waals surface area contributed by atoms with E-state index in [1.807, 2.05) is 36.4 Å². The van der Waals surface area contributed by atoms with E-state index in [2.05, 4.69) is 28.4 Å². The summed E-state index contributed by atoms with van der Waals surface area (Å²) in [5, 5.41) is 3.31. The SMILES string of the molecule is C=CNc1ccc(C)c(C(=C)c2c[nH]c3ncc(-c4ccccc4)cc23)c1C(F)(F)F. The first-order valence-electron chi connectivity index (χ1n) is 9.61. The second-order valence-corrected chi connectivity index (χ2v) is 7.19. The van der Waals surface area contributed by atoms with Crippen LogP contribution in [0.3, 0.4) is 0 Å². The number of fused-ring (bicyclic) bond motifs is 1. The van der Waals surface area contributed by atoms with E-state index in [9.17, 15) is 13.2 Å². The Hall–Kier alpha value is -3.80. The summed E-state index contributed by atoms with van der Waals surface area (Å²) in [6.45, 7) is 9.19. The van der Waals surface area contributed by atoms with Gasteiger partial charge in [-0.05, 0) is 47.5 Å². The smallest absolute Gasteiger partial charge is 0.362 e. The van der Waals surface area contributed by atoms with Crippen molar-refractivity contribution >= 4 is 22.3 Å². The fourth-order valence-electron chi connectivity index (χ4n) is 3.80. The summed E-state index contributed by atoms with van der Waals surface area (Å²) in [5.41, 5.74) is 2.98. The van der Waals surface area contributed by atoms with Crippen LogP contribution in [0.4, 0.5) is 18.9 Å². The molecule has 4 aromatic rings. The van der Waals surface area contributed by atoms with Gasteiger partial charge in [0, 0.05) is 28.9 Å². The van der Waals surface area contributed by atoms with Gasteiger partial charge < -0.3 is 10.3 Å². The van der Waals surface area contributed by atoms with E-state index in [-0.39, 0.29) is 16.8 Å². The van der Waals surface area contributed by atoms with E-state index in [4.69, 9.17) is 0 Å². The van der Waals surface area contributed by atoms with Crippen LogP contribution >= 0.6 is 0 Å². The molecule has 0 aliphatic carbocycles. The zero-order chi connectivity index (χ0) is 22.2. The van der Waals surface area contributed by atoms with Gasteiger partial charge in [-0.25, -0.2) is 4.98 Å². The maximum atomic E-state index is 14.1. The summed E-state index contributed by atoms with van der Waals surface area (Å²) in [5.74, 6) is 0. The van der Waals surface area contributed by atoms with E-state index in [0.29, 0.717) is 22.2 Å². The van der Waals surface area contributed by atoms with Gasteiger partial charge in [0.2, 0.25) is 0 Å². The molecule has 2 N–H and O–H groups in total. The Morgan fingerprint density at radius 1 is 1.10 bits per heavy atom. The number of benzene rings is 2. The van der Waals surface area contributed by atoms with Gasteiger partial charge in [-0.1, -0.05) is 49.6 Å². The van der Waals surface area contributed by atoms with Crippen molar-refractivity contribution in [1.82, 2.24) is 9.97 Å². The number of nitrogens with one attached hydrogen (secondary N) is 2. The highest BCUT2D eigenvalue weighted by Gasteiger charge is 2.38. The predicted octanol–water partition coefficient (Wildman–Crippen LogP) is 7.17. The average molecular weight is 419 g/mol. The van der Waals surface area contributed by atoms with Crippen LogP contribution < -0.4 is 5.32 Å². The van der Waals surface area contributed by atoms with E-state index >= 15 is 0 Å². The minimum absolute atomic E-state index is 0.0466. The zero-order valence-corrected chi connectivity index (χ0v) is 16.8. The highest BCUT2D eigenvalue weighted by atomic mass is 19.4. The molecule has 2 aromatic carbocycles. The van der Waals surface area contributed by atoms with Crippen LogP contribution in [0.1, 0.15) is 22.3 Å². The summed E-state index contributed by atoms with van der Waals surface area (Å²) in [4.78, 5) is 7.50. The number of H-pyrrole nitrogens is 1. The van der Waals surface area contributed by atoms with Crippen molar-refractivity contribution in [3.63, 3.8) is 0 Å². The summed E-state index contributed by atoms with van der Waals surface area (Å²) < 4.78 is 42.2. The molecule has 0 atom stereocenters. The van der Waals surface area contributed by atoms with Crippen molar-refractivity contribution in [3.8, 4) is 11.1 Å². The molecule has 2 aromatic heterocycles. The van der Waals surface area contributed by atoms with Crippen molar-refractivity contribution in [1.29, 1.82) is 0 Å². The number of hydrogen-bond donors (Lipinski definition) is 2.